The number of ether oxygens (including phenoxy) is 2. The Morgan fingerprint density at radius 1 is 1.18 bits per heavy atom. The molecule has 3 aromatic rings. The molecule has 4 heterocycles. The van der Waals surface area contributed by atoms with Crippen molar-refractivity contribution in [2.75, 3.05) is 36.5 Å². The number of carbonyl (C=O) groups is 2. The second-order valence-electron chi connectivity index (χ2n) is 10.1. The van der Waals surface area contributed by atoms with Gasteiger partial charge in [0.15, 0.2) is 5.13 Å². The van der Waals surface area contributed by atoms with E-state index < -0.39 is 17.2 Å². The zero-order valence-electron chi connectivity index (χ0n) is 22.1. The number of pyridine rings is 1. The molecule has 2 aliphatic heterocycles. The normalized spacial score (nSPS) is 22.3. The van der Waals surface area contributed by atoms with Crippen molar-refractivity contribution < 1.29 is 19.1 Å². The fourth-order valence-corrected chi connectivity index (χ4v) is 5.55. The lowest BCUT2D eigenvalue weighted by molar-refractivity contribution is -0.115. The van der Waals surface area contributed by atoms with Gasteiger partial charge in [0, 0.05) is 36.0 Å². The van der Waals surface area contributed by atoms with Crippen LogP contribution in [0.4, 0.5) is 10.9 Å². The number of rotatable bonds is 6. The van der Waals surface area contributed by atoms with Crippen molar-refractivity contribution in [3.63, 3.8) is 0 Å². The highest BCUT2D eigenvalue weighted by Gasteiger charge is 2.34. The highest BCUT2D eigenvalue weighted by molar-refractivity contribution is 7.14. The fraction of sp³-hybridized carbons (Fsp3) is 0.393. The average Bonchev–Trinajstić information content (AvgIpc) is 3.40. The number of thiazole rings is 1. The van der Waals surface area contributed by atoms with Crippen LogP contribution in [0.15, 0.2) is 41.8 Å². The Bertz CT molecular complexity index is 1430. The van der Waals surface area contributed by atoms with Gasteiger partial charge in [-0.1, -0.05) is 6.07 Å². The lowest BCUT2D eigenvalue weighted by Crippen LogP contribution is -2.45. The van der Waals surface area contributed by atoms with Crippen LogP contribution in [0.2, 0.25) is 0 Å². The molecule has 0 aliphatic carbocycles. The van der Waals surface area contributed by atoms with E-state index in [1.54, 1.807) is 18.2 Å². The van der Waals surface area contributed by atoms with Crippen LogP contribution < -0.4 is 20.3 Å². The number of morpholine rings is 1. The number of hydrogen-bond donors (Lipinski definition) is 2. The molecule has 10 nitrogen and oxygen atoms in total. The molecule has 39 heavy (non-hydrogen) atoms. The first-order chi connectivity index (χ1) is 18.7. The molecule has 3 atom stereocenters. The van der Waals surface area contributed by atoms with Crippen molar-refractivity contribution in [2.24, 2.45) is 0 Å². The van der Waals surface area contributed by atoms with Crippen molar-refractivity contribution in [1.82, 2.24) is 15.3 Å². The first-order valence-corrected chi connectivity index (χ1v) is 13.7. The summed E-state index contributed by atoms with van der Waals surface area (Å²) < 4.78 is 11.5. The standard InChI is InChI=1S/C28H30N6O4S/c1-17-13-34(14-18(2)38-17)24-6-4-5-21(31-24)22-15-39-27(32-22)33-25(35)12-30-26(36)19-7-8-23-20(11-19)28(3,16-29)9-10-37-23/h4-8,11,15,17-18H,9-10,12-14H2,1-3H3,(H,30,36)(H,32,33,35)/t17-,18+,28-/m0/s1. The highest BCUT2D eigenvalue weighted by atomic mass is 32.1. The molecule has 0 unspecified atom stereocenters. The third-order valence-electron chi connectivity index (χ3n) is 6.84. The van der Waals surface area contributed by atoms with Crippen LogP contribution in [-0.4, -0.2) is 60.2 Å². The number of anilines is 2. The van der Waals surface area contributed by atoms with Gasteiger partial charge in [-0.25, -0.2) is 9.97 Å². The molecule has 5 rings (SSSR count). The first kappa shape index (κ1) is 26.6. The van der Waals surface area contributed by atoms with Gasteiger partial charge in [0.2, 0.25) is 5.91 Å². The Hall–Kier alpha value is -4.01. The van der Waals surface area contributed by atoms with E-state index in [-0.39, 0.29) is 18.8 Å². The van der Waals surface area contributed by atoms with Gasteiger partial charge in [0.05, 0.1) is 42.5 Å². The number of aromatic nitrogens is 2. The summed E-state index contributed by atoms with van der Waals surface area (Å²) in [4.78, 5) is 36.8. The van der Waals surface area contributed by atoms with Crippen molar-refractivity contribution in [1.29, 1.82) is 5.26 Å². The van der Waals surface area contributed by atoms with E-state index >= 15 is 0 Å². The maximum atomic E-state index is 12.7. The molecule has 1 saturated heterocycles. The van der Waals surface area contributed by atoms with Crippen LogP contribution in [0.3, 0.4) is 0 Å². The third-order valence-corrected chi connectivity index (χ3v) is 7.60. The summed E-state index contributed by atoms with van der Waals surface area (Å²) in [6.07, 6.45) is 0.796. The molecule has 11 heteroatoms. The van der Waals surface area contributed by atoms with Crippen LogP contribution >= 0.6 is 11.3 Å². The number of nitrogens with zero attached hydrogens (tertiary/aromatic N) is 4. The zero-order valence-corrected chi connectivity index (χ0v) is 22.9. The van der Waals surface area contributed by atoms with Crippen LogP contribution in [0.1, 0.15) is 43.1 Å². The monoisotopic (exact) mass is 546 g/mol. The molecule has 2 aromatic heterocycles. The van der Waals surface area contributed by atoms with E-state index in [1.165, 1.54) is 11.3 Å². The fourth-order valence-electron chi connectivity index (χ4n) is 4.83. The molecule has 2 aliphatic rings. The van der Waals surface area contributed by atoms with E-state index in [9.17, 15) is 14.9 Å². The zero-order chi connectivity index (χ0) is 27.6. The van der Waals surface area contributed by atoms with E-state index in [4.69, 9.17) is 14.5 Å². The Balaban J connectivity index is 1.19. The smallest absolute Gasteiger partial charge is 0.251 e. The maximum Gasteiger partial charge on any atom is 0.251 e. The predicted octanol–water partition coefficient (Wildman–Crippen LogP) is 3.75. The molecule has 0 saturated carbocycles. The predicted molar refractivity (Wildman–Crippen MR) is 148 cm³/mol. The Labute approximate surface area is 231 Å². The number of nitrogens with one attached hydrogen (secondary N) is 2. The van der Waals surface area contributed by atoms with E-state index in [0.29, 0.717) is 46.4 Å². The number of fused-ring (bicyclic) bond motifs is 1. The van der Waals surface area contributed by atoms with Crippen molar-refractivity contribution in [3.8, 4) is 23.2 Å². The van der Waals surface area contributed by atoms with Crippen LogP contribution in [0, 0.1) is 11.3 Å². The summed E-state index contributed by atoms with van der Waals surface area (Å²) in [7, 11) is 0. The van der Waals surface area contributed by atoms with E-state index in [0.717, 1.165) is 18.9 Å². The topological polar surface area (TPSA) is 129 Å². The minimum absolute atomic E-state index is 0.125. The lowest BCUT2D eigenvalue weighted by Gasteiger charge is -2.36. The molecular weight excluding hydrogens is 516 g/mol. The molecule has 1 fully saturated rings. The van der Waals surface area contributed by atoms with E-state index in [2.05, 4.69) is 40.4 Å². The minimum Gasteiger partial charge on any atom is -0.493 e. The molecule has 0 spiro atoms. The molecule has 0 bridgehead atoms. The summed E-state index contributed by atoms with van der Waals surface area (Å²) in [6, 6.07) is 13.1. The average molecular weight is 547 g/mol. The highest BCUT2D eigenvalue weighted by Crippen LogP contribution is 2.38. The Morgan fingerprint density at radius 3 is 2.74 bits per heavy atom. The number of amides is 2. The molecular formula is C28H30N6O4S. The number of hydrogen-bond acceptors (Lipinski definition) is 9. The summed E-state index contributed by atoms with van der Waals surface area (Å²) in [6.45, 7) is 7.70. The van der Waals surface area contributed by atoms with Crippen molar-refractivity contribution in [2.45, 2.75) is 44.8 Å². The second-order valence-corrected chi connectivity index (χ2v) is 10.9. The largest absolute Gasteiger partial charge is 0.493 e. The van der Waals surface area contributed by atoms with Gasteiger partial charge in [0.25, 0.3) is 5.91 Å². The number of nitriles is 1. The molecule has 2 amide bonds. The van der Waals surface area contributed by atoms with Crippen LogP contribution in [0.25, 0.3) is 11.4 Å². The maximum absolute atomic E-state index is 12.7. The van der Waals surface area contributed by atoms with Gasteiger partial charge >= 0.3 is 0 Å². The van der Waals surface area contributed by atoms with Gasteiger partial charge in [-0.05, 0) is 51.1 Å². The minimum atomic E-state index is -0.725. The van der Waals surface area contributed by atoms with Crippen molar-refractivity contribution >= 4 is 34.1 Å². The van der Waals surface area contributed by atoms with Gasteiger partial charge in [0.1, 0.15) is 17.3 Å². The SMILES string of the molecule is C[C@@H]1CN(c2cccc(-c3csc(NC(=O)CNC(=O)c4ccc5c(c4)[C@](C)(C#N)CCO5)n3)n2)C[C@H](C)O1. The second kappa shape index (κ2) is 11.0. The molecule has 202 valence electrons. The molecule has 0 radical (unpaired) electrons. The first-order valence-electron chi connectivity index (χ1n) is 12.8. The van der Waals surface area contributed by atoms with E-state index in [1.807, 2.05) is 30.5 Å². The number of carbonyl (C=O) groups excluding carboxylic acids is 2. The lowest BCUT2D eigenvalue weighted by atomic mass is 9.78. The summed E-state index contributed by atoms with van der Waals surface area (Å²) in [5.41, 5.74) is 1.69. The van der Waals surface area contributed by atoms with Gasteiger partial charge in [-0.15, -0.1) is 11.3 Å². The van der Waals surface area contributed by atoms with Gasteiger partial charge in [-0.3, -0.25) is 9.59 Å². The quantitative estimate of drug-likeness (QED) is 0.478. The summed E-state index contributed by atoms with van der Waals surface area (Å²) in [5.74, 6) is 0.657. The van der Waals surface area contributed by atoms with Crippen LogP contribution in [0.5, 0.6) is 5.75 Å². The molecule has 1 aromatic carbocycles. The summed E-state index contributed by atoms with van der Waals surface area (Å²) in [5, 5.41) is 17.3. The Morgan fingerprint density at radius 2 is 1.97 bits per heavy atom. The van der Waals surface area contributed by atoms with Gasteiger partial charge < -0.3 is 25.0 Å². The number of benzene rings is 1. The van der Waals surface area contributed by atoms with Crippen molar-refractivity contribution in [3.05, 3.63) is 52.9 Å². The Kier molecular flexibility index (Phi) is 7.50. The van der Waals surface area contributed by atoms with Gasteiger partial charge in [-0.2, -0.15) is 5.26 Å². The molecule has 2 N–H and O–H groups in total. The van der Waals surface area contributed by atoms with Crippen LogP contribution in [-0.2, 0) is 14.9 Å². The third kappa shape index (κ3) is 5.87. The summed E-state index contributed by atoms with van der Waals surface area (Å²) >= 11 is 1.29.